The molecule has 6 nitrogen and oxygen atoms in total. The zero-order valence-electron chi connectivity index (χ0n) is 11.4. The largest absolute Gasteiger partial charge is 0.251 e. The molecule has 0 spiro atoms. The highest BCUT2D eigenvalue weighted by Crippen LogP contribution is 2.27. The molecule has 1 unspecified atom stereocenters. The van der Waals surface area contributed by atoms with E-state index < -0.39 is 10.0 Å². The average molecular weight is 349 g/mol. The van der Waals surface area contributed by atoms with Gasteiger partial charge in [0.15, 0.2) is 0 Å². The molecule has 0 aliphatic carbocycles. The van der Waals surface area contributed by atoms with Crippen molar-refractivity contribution in [2.24, 2.45) is 0 Å². The van der Waals surface area contributed by atoms with Crippen LogP contribution < -0.4 is 4.72 Å². The van der Waals surface area contributed by atoms with E-state index in [1.165, 1.54) is 24.8 Å². The Morgan fingerprint density at radius 3 is 2.48 bits per heavy atom. The van der Waals surface area contributed by atoms with Crippen molar-refractivity contribution in [2.45, 2.75) is 31.3 Å². The molecule has 0 aliphatic rings. The average Bonchev–Trinajstić information content (AvgIpc) is 2.87. The summed E-state index contributed by atoms with van der Waals surface area (Å²) < 4.78 is 28.7. The molecule has 0 radical (unpaired) electrons. The molecule has 21 heavy (non-hydrogen) atoms. The summed E-state index contributed by atoms with van der Waals surface area (Å²) in [7, 11) is -3.70. The molecular formula is C12H14Cl2N4O2S. The van der Waals surface area contributed by atoms with Crippen molar-refractivity contribution in [1.29, 1.82) is 0 Å². The SMILES string of the molecule is Cc1c(Cl)cc(S(=O)(=O)NC(C)Cn2cncn2)cc1Cl. The molecule has 114 valence electrons. The van der Waals surface area contributed by atoms with Gasteiger partial charge < -0.3 is 0 Å². The van der Waals surface area contributed by atoms with Crippen molar-refractivity contribution >= 4 is 33.2 Å². The number of sulfonamides is 1. The van der Waals surface area contributed by atoms with Crippen molar-refractivity contribution in [1.82, 2.24) is 19.5 Å². The van der Waals surface area contributed by atoms with E-state index in [-0.39, 0.29) is 10.9 Å². The number of nitrogens with zero attached hydrogens (tertiary/aromatic N) is 3. The maximum absolute atomic E-state index is 12.3. The van der Waals surface area contributed by atoms with Crippen LogP contribution in [0.15, 0.2) is 29.7 Å². The quantitative estimate of drug-likeness (QED) is 0.898. The predicted octanol–water partition coefficient (Wildman–Crippen LogP) is 2.26. The summed E-state index contributed by atoms with van der Waals surface area (Å²) in [4.78, 5) is 3.84. The maximum Gasteiger partial charge on any atom is 0.240 e. The number of halogens is 2. The van der Waals surface area contributed by atoms with Crippen LogP contribution in [0.1, 0.15) is 12.5 Å². The monoisotopic (exact) mass is 348 g/mol. The molecule has 0 saturated carbocycles. The van der Waals surface area contributed by atoms with Crippen LogP contribution in [-0.4, -0.2) is 29.2 Å². The van der Waals surface area contributed by atoms with E-state index in [9.17, 15) is 8.42 Å². The lowest BCUT2D eigenvalue weighted by molar-refractivity contribution is 0.493. The minimum Gasteiger partial charge on any atom is -0.251 e. The van der Waals surface area contributed by atoms with Gasteiger partial charge in [-0.25, -0.2) is 18.1 Å². The highest BCUT2D eigenvalue weighted by molar-refractivity contribution is 7.89. The van der Waals surface area contributed by atoms with E-state index in [2.05, 4.69) is 14.8 Å². The zero-order valence-corrected chi connectivity index (χ0v) is 13.7. The van der Waals surface area contributed by atoms with Crippen LogP contribution >= 0.6 is 23.2 Å². The first-order valence-electron chi connectivity index (χ1n) is 6.10. The van der Waals surface area contributed by atoms with E-state index in [0.717, 1.165) is 0 Å². The lowest BCUT2D eigenvalue weighted by atomic mass is 10.2. The molecule has 0 amide bonds. The first-order valence-corrected chi connectivity index (χ1v) is 8.34. The van der Waals surface area contributed by atoms with Crippen LogP contribution in [0.4, 0.5) is 0 Å². The molecule has 1 aromatic heterocycles. The summed E-state index contributed by atoms with van der Waals surface area (Å²) in [5.41, 5.74) is 0.646. The number of nitrogens with one attached hydrogen (secondary N) is 1. The smallest absolute Gasteiger partial charge is 0.240 e. The minimum atomic E-state index is -3.70. The Hall–Kier alpha value is -1.15. The normalized spacial score (nSPS) is 13.3. The molecule has 9 heteroatoms. The number of aromatic nitrogens is 3. The molecular weight excluding hydrogens is 335 g/mol. The summed E-state index contributed by atoms with van der Waals surface area (Å²) in [6.45, 7) is 3.82. The molecule has 2 rings (SSSR count). The highest BCUT2D eigenvalue weighted by atomic mass is 35.5. The fourth-order valence-electron chi connectivity index (χ4n) is 1.75. The number of hydrogen-bond donors (Lipinski definition) is 1. The molecule has 0 fully saturated rings. The number of rotatable bonds is 5. The predicted molar refractivity (Wildman–Crippen MR) is 81.0 cm³/mol. The lowest BCUT2D eigenvalue weighted by Gasteiger charge is -2.15. The van der Waals surface area contributed by atoms with Gasteiger partial charge in [-0.3, -0.25) is 4.68 Å². The standard InChI is InChI=1S/C12H14Cl2N4O2S/c1-8(5-18-7-15-6-16-18)17-21(19,20)10-3-11(13)9(2)12(14)4-10/h3-4,6-8,17H,5H2,1-2H3. The highest BCUT2D eigenvalue weighted by Gasteiger charge is 2.20. The number of hydrogen-bond acceptors (Lipinski definition) is 4. The van der Waals surface area contributed by atoms with Gasteiger partial charge in [0.25, 0.3) is 0 Å². The van der Waals surface area contributed by atoms with E-state index in [0.29, 0.717) is 22.2 Å². The Morgan fingerprint density at radius 2 is 1.95 bits per heavy atom. The third kappa shape index (κ3) is 3.94. The van der Waals surface area contributed by atoms with Crippen LogP contribution in [0, 0.1) is 6.92 Å². The van der Waals surface area contributed by atoms with Gasteiger partial charge in [0.1, 0.15) is 12.7 Å². The Labute approximate surface area is 133 Å². The second-order valence-corrected chi connectivity index (χ2v) is 7.18. The van der Waals surface area contributed by atoms with E-state index in [4.69, 9.17) is 23.2 Å². The third-order valence-electron chi connectivity index (χ3n) is 2.85. The van der Waals surface area contributed by atoms with Crippen LogP contribution in [0.2, 0.25) is 10.0 Å². The van der Waals surface area contributed by atoms with Crippen LogP contribution in [0.5, 0.6) is 0 Å². The van der Waals surface area contributed by atoms with Gasteiger partial charge in [-0.05, 0) is 31.5 Å². The number of benzene rings is 1. The van der Waals surface area contributed by atoms with Crippen molar-refractivity contribution in [2.75, 3.05) is 0 Å². The van der Waals surface area contributed by atoms with Crippen LogP contribution in [-0.2, 0) is 16.6 Å². The van der Waals surface area contributed by atoms with Crippen LogP contribution in [0.3, 0.4) is 0 Å². The summed E-state index contributed by atoms with van der Waals surface area (Å²) in [6, 6.07) is 2.40. The van der Waals surface area contributed by atoms with Crippen molar-refractivity contribution in [3.8, 4) is 0 Å². The van der Waals surface area contributed by atoms with Crippen molar-refractivity contribution < 1.29 is 8.42 Å². The Kier molecular flexibility index (Phi) is 4.88. The summed E-state index contributed by atoms with van der Waals surface area (Å²) >= 11 is 12.0. The second kappa shape index (κ2) is 6.31. The second-order valence-electron chi connectivity index (χ2n) is 4.65. The zero-order chi connectivity index (χ0) is 15.6. The Bertz CT molecular complexity index is 709. The topological polar surface area (TPSA) is 76.9 Å². The summed E-state index contributed by atoms with van der Waals surface area (Å²) in [5.74, 6) is 0. The first kappa shape index (κ1) is 16.2. The molecule has 0 bridgehead atoms. The van der Waals surface area contributed by atoms with Gasteiger partial charge in [-0.1, -0.05) is 23.2 Å². The first-order chi connectivity index (χ1) is 9.79. The van der Waals surface area contributed by atoms with Crippen molar-refractivity contribution in [3.63, 3.8) is 0 Å². The minimum absolute atomic E-state index is 0.0357. The molecule has 1 N–H and O–H groups in total. The van der Waals surface area contributed by atoms with Crippen molar-refractivity contribution in [3.05, 3.63) is 40.4 Å². The van der Waals surface area contributed by atoms with Gasteiger partial charge >= 0.3 is 0 Å². The summed E-state index contributed by atoms with van der Waals surface area (Å²) in [6.07, 6.45) is 2.91. The fourth-order valence-corrected chi connectivity index (χ4v) is 3.66. The van der Waals surface area contributed by atoms with Gasteiger partial charge in [-0.15, -0.1) is 0 Å². The lowest BCUT2D eigenvalue weighted by Crippen LogP contribution is -2.35. The van der Waals surface area contributed by atoms with E-state index in [1.54, 1.807) is 18.5 Å². The van der Waals surface area contributed by atoms with E-state index in [1.807, 2.05) is 0 Å². The van der Waals surface area contributed by atoms with Gasteiger partial charge in [0, 0.05) is 16.1 Å². The summed E-state index contributed by atoms with van der Waals surface area (Å²) in [5, 5.41) is 4.55. The Balaban J connectivity index is 2.18. The molecule has 1 heterocycles. The van der Waals surface area contributed by atoms with Crippen LogP contribution in [0.25, 0.3) is 0 Å². The fraction of sp³-hybridized carbons (Fsp3) is 0.333. The third-order valence-corrected chi connectivity index (χ3v) is 5.20. The van der Waals surface area contributed by atoms with Gasteiger partial charge in [-0.2, -0.15) is 5.10 Å². The molecule has 1 atom stereocenters. The van der Waals surface area contributed by atoms with E-state index >= 15 is 0 Å². The van der Waals surface area contributed by atoms with Gasteiger partial charge in [0.2, 0.25) is 10.0 Å². The molecule has 0 saturated heterocycles. The molecule has 0 aliphatic heterocycles. The molecule has 1 aromatic carbocycles. The Morgan fingerprint density at radius 1 is 1.33 bits per heavy atom. The maximum atomic E-state index is 12.3. The molecule has 2 aromatic rings. The van der Waals surface area contributed by atoms with Gasteiger partial charge in [0.05, 0.1) is 11.4 Å².